The normalized spacial score (nSPS) is 19.0. The lowest BCUT2D eigenvalue weighted by Gasteiger charge is -2.30. The van der Waals surface area contributed by atoms with Gasteiger partial charge in [0.25, 0.3) is 5.91 Å². The van der Waals surface area contributed by atoms with E-state index in [0.29, 0.717) is 36.1 Å². The van der Waals surface area contributed by atoms with Crippen molar-refractivity contribution in [1.82, 2.24) is 4.31 Å². The van der Waals surface area contributed by atoms with Gasteiger partial charge >= 0.3 is 0 Å². The second-order valence-corrected chi connectivity index (χ2v) is 10.7. The molecule has 1 saturated carbocycles. The Morgan fingerprint density at radius 1 is 1.03 bits per heavy atom. The minimum Gasteiger partial charge on any atom is -0.484 e. The minimum atomic E-state index is -3.53. The van der Waals surface area contributed by atoms with Gasteiger partial charge in [0.05, 0.1) is 4.90 Å². The third-order valence-corrected chi connectivity index (χ3v) is 7.69. The van der Waals surface area contributed by atoms with Crippen molar-refractivity contribution < 1.29 is 22.7 Å². The van der Waals surface area contributed by atoms with Crippen LogP contribution < -0.4 is 15.4 Å². The molecule has 33 heavy (non-hydrogen) atoms. The fourth-order valence-corrected chi connectivity index (χ4v) is 5.42. The number of benzene rings is 2. The molecule has 1 atom stereocenters. The van der Waals surface area contributed by atoms with Gasteiger partial charge in [0, 0.05) is 36.4 Å². The number of nitrogens with zero attached hydrogens (tertiary/aromatic N) is 1. The number of carbonyl (C=O) groups is 2. The SMILES string of the molecule is CC1CCCN(S(=O)(=O)c2ccc(NC(=O)COc3cccc(NC(=O)C4CC4)c3)cc2)C1. The first-order valence-corrected chi connectivity index (χ1v) is 12.7. The van der Waals surface area contributed by atoms with Crippen molar-refractivity contribution in [2.75, 3.05) is 30.3 Å². The molecule has 2 fully saturated rings. The van der Waals surface area contributed by atoms with Crippen LogP contribution in [0.15, 0.2) is 53.4 Å². The molecule has 176 valence electrons. The van der Waals surface area contributed by atoms with E-state index in [9.17, 15) is 18.0 Å². The van der Waals surface area contributed by atoms with Gasteiger partial charge in [0.15, 0.2) is 6.61 Å². The summed E-state index contributed by atoms with van der Waals surface area (Å²) >= 11 is 0. The van der Waals surface area contributed by atoms with E-state index < -0.39 is 10.0 Å². The molecule has 2 aromatic carbocycles. The zero-order valence-corrected chi connectivity index (χ0v) is 19.4. The Labute approximate surface area is 194 Å². The fourth-order valence-electron chi connectivity index (χ4n) is 3.82. The lowest BCUT2D eigenvalue weighted by molar-refractivity contribution is -0.118. The topological polar surface area (TPSA) is 105 Å². The van der Waals surface area contributed by atoms with Gasteiger partial charge < -0.3 is 15.4 Å². The van der Waals surface area contributed by atoms with Crippen LogP contribution in [0.2, 0.25) is 0 Å². The van der Waals surface area contributed by atoms with E-state index in [2.05, 4.69) is 17.6 Å². The molecule has 9 heteroatoms. The molecular formula is C24H29N3O5S. The van der Waals surface area contributed by atoms with Crippen LogP contribution in [0.25, 0.3) is 0 Å². The van der Waals surface area contributed by atoms with Gasteiger partial charge in [0.1, 0.15) is 5.75 Å². The molecule has 0 spiro atoms. The maximum absolute atomic E-state index is 12.9. The molecule has 1 aliphatic carbocycles. The van der Waals surface area contributed by atoms with E-state index in [1.807, 2.05) is 0 Å². The Hall–Kier alpha value is -2.91. The number of hydrogen-bond donors (Lipinski definition) is 2. The first kappa shape index (κ1) is 23.3. The highest BCUT2D eigenvalue weighted by Crippen LogP contribution is 2.30. The van der Waals surface area contributed by atoms with Gasteiger partial charge in [-0.25, -0.2) is 8.42 Å². The lowest BCUT2D eigenvalue weighted by atomic mass is 10.0. The first-order valence-electron chi connectivity index (χ1n) is 11.2. The highest BCUT2D eigenvalue weighted by atomic mass is 32.2. The van der Waals surface area contributed by atoms with Crippen LogP contribution in [-0.4, -0.2) is 44.2 Å². The molecule has 2 N–H and O–H groups in total. The van der Waals surface area contributed by atoms with Gasteiger partial charge in [-0.1, -0.05) is 13.0 Å². The Bertz CT molecular complexity index is 1110. The van der Waals surface area contributed by atoms with Crippen molar-refractivity contribution in [2.24, 2.45) is 11.8 Å². The standard InChI is InChI=1S/C24H29N3O5S/c1-17-4-3-13-27(15-17)33(30,31)22-11-9-19(10-12-22)25-23(28)16-32-21-6-2-5-20(14-21)26-24(29)18-7-8-18/h2,5-6,9-12,14,17-18H,3-4,7-8,13,15-16H2,1H3,(H,25,28)(H,26,29). The highest BCUT2D eigenvalue weighted by molar-refractivity contribution is 7.89. The zero-order valence-electron chi connectivity index (χ0n) is 18.6. The molecule has 2 amide bonds. The largest absolute Gasteiger partial charge is 0.484 e. The Balaban J connectivity index is 1.29. The first-order chi connectivity index (χ1) is 15.8. The number of sulfonamides is 1. The zero-order chi connectivity index (χ0) is 23.4. The van der Waals surface area contributed by atoms with Crippen LogP contribution in [0.3, 0.4) is 0 Å². The van der Waals surface area contributed by atoms with E-state index in [0.717, 1.165) is 25.7 Å². The summed E-state index contributed by atoms with van der Waals surface area (Å²) in [5, 5.41) is 5.55. The fraction of sp³-hybridized carbons (Fsp3) is 0.417. The van der Waals surface area contributed by atoms with Crippen molar-refractivity contribution in [2.45, 2.75) is 37.5 Å². The smallest absolute Gasteiger partial charge is 0.262 e. The monoisotopic (exact) mass is 471 g/mol. The molecule has 8 nitrogen and oxygen atoms in total. The summed E-state index contributed by atoms with van der Waals surface area (Å²) in [5.74, 6) is 0.552. The molecule has 0 bridgehead atoms. The van der Waals surface area contributed by atoms with Gasteiger partial charge in [-0.05, 0) is 68.0 Å². The average Bonchev–Trinajstić information content (AvgIpc) is 3.64. The van der Waals surface area contributed by atoms with Crippen molar-refractivity contribution in [3.05, 3.63) is 48.5 Å². The van der Waals surface area contributed by atoms with Crippen molar-refractivity contribution in [1.29, 1.82) is 0 Å². The Kier molecular flexibility index (Phi) is 6.99. The summed E-state index contributed by atoms with van der Waals surface area (Å²) in [5.41, 5.74) is 1.12. The van der Waals surface area contributed by atoms with Gasteiger partial charge in [-0.2, -0.15) is 4.31 Å². The molecule has 0 aromatic heterocycles. The van der Waals surface area contributed by atoms with Crippen LogP contribution in [0.1, 0.15) is 32.6 Å². The molecular weight excluding hydrogens is 442 g/mol. The summed E-state index contributed by atoms with van der Waals surface area (Å²) in [6.45, 7) is 2.91. The summed E-state index contributed by atoms with van der Waals surface area (Å²) in [6, 6.07) is 13.1. The maximum Gasteiger partial charge on any atom is 0.262 e. The van der Waals surface area contributed by atoms with Crippen LogP contribution in [0, 0.1) is 11.8 Å². The molecule has 4 rings (SSSR count). The molecule has 0 radical (unpaired) electrons. The number of hydrogen-bond acceptors (Lipinski definition) is 5. The number of nitrogens with one attached hydrogen (secondary N) is 2. The number of rotatable bonds is 8. The minimum absolute atomic E-state index is 0.00477. The third kappa shape index (κ3) is 6.11. The molecule has 2 aromatic rings. The molecule has 1 unspecified atom stereocenters. The van der Waals surface area contributed by atoms with Gasteiger partial charge in [-0.3, -0.25) is 9.59 Å². The van der Waals surface area contributed by atoms with Crippen molar-refractivity contribution in [3.8, 4) is 5.75 Å². The predicted molar refractivity (Wildman–Crippen MR) is 126 cm³/mol. The van der Waals surface area contributed by atoms with E-state index in [4.69, 9.17) is 4.74 Å². The Morgan fingerprint density at radius 2 is 1.79 bits per heavy atom. The number of anilines is 2. The highest BCUT2D eigenvalue weighted by Gasteiger charge is 2.30. The van der Waals surface area contributed by atoms with Crippen molar-refractivity contribution in [3.63, 3.8) is 0 Å². The molecule has 2 aliphatic rings. The Morgan fingerprint density at radius 3 is 2.48 bits per heavy atom. The van der Waals surface area contributed by atoms with E-state index in [-0.39, 0.29) is 29.2 Å². The van der Waals surface area contributed by atoms with Gasteiger partial charge in [-0.15, -0.1) is 0 Å². The van der Waals surface area contributed by atoms with Crippen LogP contribution >= 0.6 is 0 Å². The predicted octanol–water partition coefficient (Wildman–Crippen LogP) is 3.47. The number of piperidine rings is 1. The van der Waals surface area contributed by atoms with Gasteiger partial charge in [0.2, 0.25) is 15.9 Å². The quantitative estimate of drug-likeness (QED) is 0.613. The average molecular weight is 472 g/mol. The van der Waals surface area contributed by atoms with Crippen molar-refractivity contribution >= 4 is 33.2 Å². The number of ether oxygens (including phenoxy) is 1. The van der Waals surface area contributed by atoms with Crippen LogP contribution in [0.5, 0.6) is 5.75 Å². The van der Waals surface area contributed by atoms with E-state index in [1.54, 1.807) is 36.4 Å². The second kappa shape index (κ2) is 9.93. The van der Waals surface area contributed by atoms with Crippen LogP contribution in [0.4, 0.5) is 11.4 Å². The van der Waals surface area contributed by atoms with E-state index in [1.165, 1.54) is 16.4 Å². The summed E-state index contributed by atoms with van der Waals surface area (Å²) < 4.78 is 32.8. The summed E-state index contributed by atoms with van der Waals surface area (Å²) in [4.78, 5) is 24.4. The van der Waals surface area contributed by atoms with Crippen LogP contribution in [-0.2, 0) is 19.6 Å². The summed E-state index contributed by atoms with van der Waals surface area (Å²) in [6.07, 6.45) is 3.75. The summed E-state index contributed by atoms with van der Waals surface area (Å²) in [7, 11) is -3.53. The lowest BCUT2D eigenvalue weighted by Crippen LogP contribution is -2.39. The molecule has 1 heterocycles. The third-order valence-electron chi connectivity index (χ3n) is 5.82. The molecule has 1 aliphatic heterocycles. The number of amides is 2. The molecule has 1 saturated heterocycles. The van der Waals surface area contributed by atoms with E-state index >= 15 is 0 Å². The maximum atomic E-state index is 12.9. The second-order valence-electron chi connectivity index (χ2n) is 8.76. The number of carbonyl (C=O) groups excluding carboxylic acids is 2.